The largest absolute Gasteiger partial charge is 0.513 e. The molecule has 0 saturated heterocycles. The Balaban J connectivity index is 1.76. The number of carbonyl (C=O) groups excluding carboxylic acids is 8. The number of ether oxygens (including phenoxy) is 11. The first-order chi connectivity index (χ1) is 29.3. The van der Waals surface area contributed by atoms with Gasteiger partial charge in [0.2, 0.25) is 0 Å². The molecule has 0 atom stereocenters. The van der Waals surface area contributed by atoms with Crippen molar-refractivity contribution in [2.45, 2.75) is 6.42 Å². The molecule has 0 fully saturated rings. The lowest BCUT2D eigenvalue weighted by Crippen LogP contribution is -2.44. The average molecular weight is 847 g/mol. The molecule has 4 rings (SSSR count). The lowest BCUT2D eigenvalue weighted by atomic mass is 9.91. The highest BCUT2D eigenvalue weighted by molar-refractivity contribution is 5.95. The van der Waals surface area contributed by atoms with E-state index in [1.807, 2.05) is 0 Å². The van der Waals surface area contributed by atoms with Gasteiger partial charge in [0.25, 0.3) is 0 Å². The highest BCUT2D eigenvalue weighted by Crippen LogP contribution is 2.29. The Labute approximate surface area is 347 Å². The van der Waals surface area contributed by atoms with Crippen molar-refractivity contribution in [3.63, 3.8) is 0 Å². The zero-order valence-electron chi connectivity index (χ0n) is 33.0. The van der Waals surface area contributed by atoms with Gasteiger partial charge in [0, 0.05) is 0 Å². The summed E-state index contributed by atoms with van der Waals surface area (Å²) in [5.74, 6) is -5.77. The van der Waals surface area contributed by atoms with E-state index in [1.165, 1.54) is 98.1 Å². The van der Waals surface area contributed by atoms with Gasteiger partial charge in [0.1, 0.15) is 65.8 Å². The van der Waals surface area contributed by atoms with E-state index >= 15 is 0 Å². The van der Waals surface area contributed by atoms with Crippen LogP contribution < -0.4 is 14.2 Å². The summed E-state index contributed by atoms with van der Waals surface area (Å²) in [4.78, 5) is 103. The molecular formula is C42H38O19. The molecule has 0 bridgehead atoms. The van der Waals surface area contributed by atoms with E-state index in [2.05, 4.69) is 14.2 Å². The van der Waals surface area contributed by atoms with E-state index in [9.17, 15) is 38.4 Å². The summed E-state index contributed by atoms with van der Waals surface area (Å²) in [5.41, 5.74) is -2.64. The second-order valence-corrected chi connectivity index (χ2v) is 12.4. The van der Waals surface area contributed by atoms with Gasteiger partial charge < -0.3 is 52.1 Å². The van der Waals surface area contributed by atoms with Gasteiger partial charge in [-0.05, 0) is 48.0 Å². The predicted octanol–water partition coefficient (Wildman–Crippen LogP) is 5.55. The minimum atomic E-state index is -1.98. The zero-order chi connectivity index (χ0) is 44.4. The molecule has 4 aromatic rings. The fraction of sp³-hybridized carbons (Fsp3) is 0.238. The maximum Gasteiger partial charge on any atom is 0.513 e. The van der Waals surface area contributed by atoms with Crippen molar-refractivity contribution in [1.29, 1.82) is 0 Å². The van der Waals surface area contributed by atoms with Crippen LogP contribution in [-0.4, -0.2) is 103 Å². The van der Waals surface area contributed by atoms with Gasteiger partial charge in [-0.2, -0.15) is 0 Å². The second kappa shape index (κ2) is 22.3. The van der Waals surface area contributed by atoms with Gasteiger partial charge in [0.05, 0.1) is 40.4 Å². The Hall–Kier alpha value is -7.96. The first-order valence-corrected chi connectivity index (χ1v) is 17.7. The van der Waals surface area contributed by atoms with Crippen LogP contribution in [0.3, 0.4) is 0 Å². The lowest BCUT2D eigenvalue weighted by Gasteiger charge is -2.32. The normalized spacial score (nSPS) is 10.5. The Kier molecular flexibility index (Phi) is 16.7. The molecule has 0 unspecified atom stereocenters. The molecule has 0 aliphatic carbocycles. The van der Waals surface area contributed by atoms with E-state index in [0.29, 0.717) is 0 Å². The maximum atomic E-state index is 13.7. The average Bonchev–Trinajstić information content (AvgIpc) is 3.28. The summed E-state index contributed by atoms with van der Waals surface area (Å²) < 4.78 is 56.3. The number of hydrogen-bond acceptors (Lipinski definition) is 19. The monoisotopic (exact) mass is 846 g/mol. The Morgan fingerprint density at radius 1 is 0.393 bits per heavy atom. The third-order valence-electron chi connectivity index (χ3n) is 8.24. The Morgan fingerprint density at radius 3 is 1.02 bits per heavy atom. The van der Waals surface area contributed by atoms with Crippen molar-refractivity contribution in [2.75, 3.05) is 54.9 Å². The lowest BCUT2D eigenvalue weighted by molar-refractivity contribution is -0.139. The van der Waals surface area contributed by atoms with Crippen LogP contribution in [0.1, 0.15) is 47.0 Å². The van der Waals surface area contributed by atoms with Gasteiger partial charge in [0.15, 0.2) is 0 Å². The molecule has 19 nitrogen and oxygen atoms in total. The van der Waals surface area contributed by atoms with E-state index in [1.54, 1.807) is 6.07 Å². The van der Waals surface area contributed by atoms with E-state index in [0.717, 1.165) is 21.3 Å². The molecule has 0 amide bonds. The summed E-state index contributed by atoms with van der Waals surface area (Å²) in [6.45, 7) is -3.32. The molecule has 61 heavy (non-hydrogen) atoms. The fourth-order valence-electron chi connectivity index (χ4n) is 5.10. The maximum absolute atomic E-state index is 13.7. The number of hydrogen-bond donors (Lipinski definition) is 0. The first kappa shape index (κ1) is 45.7. The predicted molar refractivity (Wildman–Crippen MR) is 204 cm³/mol. The van der Waals surface area contributed by atoms with Crippen LogP contribution in [0.2, 0.25) is 0 Å². The highest BCUT2D eigenvalue weighted by Gasteiger charge is 2.39. The summed E-state index contributed by atoms with van der Waals surface area (Å²) >= 11 is 0. The van der Waals surface area contributed by atoms with Crippen molar-refractivity contribution >= 4 is 48.3 Å². The van der Waals surface area contributed by atoms with Crippen molar-refractivity contribution in [3.05, 3.63) is 125 Å². The molecule has 0 aliphatic heterocycles. The van der Waals surface area contributed by atoms with Gasteiger partial charge in [-0.15, -0.1) is 0 Å². The van der Waals surface area contributed by atoms with Gasteiger partial charge >= 0.3 is 48.3 Å². The molecule has 0 saturated carbocycles. The van der Waals surface area contributed by atoms with Crippen LogP contribution in [0.25, 0.3) is 0 Å². The molecular weight excluding hydrogens is 808 g/mol. The zero-order valence-corrected chi connectivity index (χ0v) is 33.0. The number of benzene rings is 4. The number of esters is 5. The number of carbonyl (C=O) groups is 8. The molecule has 4 aromatic carbocycles. The topological polar surface area (TPSA) is 238 Å². The van der Waals surface area contributed by atoms with Crippen molar-refractivity contribution in [2.24, 2.45) is 5.41 Å². The number of rotatable bonds is 17. The third kappa shape index (κ3) is 13.0. The minimum absolute atomic E-state index is 0.0653. The van der Waals surface area contributed by atoms with Crippen molar-refractivity contribution in [1.82, 2.24) is 0 Å². The molecule has 0 heterocycles. The molecule has 19 heteroatoms. The number of methoxy groups -OCH3 is 4. The third-order valence-corrected chi connectivity index (χ3v) is 8.24. The van der Waals surface area contributed by atoms with Crippen LogP contribution in [0.4, 0.5) is 14.4 Å². The summed E-state index contributed by atoms with van der Waals surface area (Å²) in [5, 5.41) is 0. The quantitative estimate of drug-likeness (QED) is 0.0719. The molecule has 0 aromatic heterocycles. The smallest absolute Gasteiger partial charge is 0.469 e. The Bertz CT molecular complexity index is 1930. The molecule has 0 N–H and O–H groups in total. The SMILES string of the molecule is COC(=O)Cc1ccccc1C(=O)OCC(COC(=O)c1ccccc1OC(=O)OC)(COC(=O)c1ccccc1OC(=O)OC)COC(=O)c1ccccc1OC(=O)OC. The molecule has 0 aliphatic rings. The first-order valence-electron chi connectivity index (χ1n) is 17.7. The fourth-order valence-corrected chi connectivity index (χ4v) is 5.10. The Morgan fingerprint density at radius 2 is 0.689 bits per heavy atom. The van der Waals surface area contributed by atoms with Crippen LogP contribution in [0.5, 0.6) is 17.2 Å². The van der Waals surface area contributed by atoms with Crippen molar-refractivity contribution < 1.29 is 90.5 Å². The van der Waals surface area contributed by atoms with E-state index < -0.39 is 80.2 Å². The summed E-state index contributed by atoms with van der Waals surface area (Å²) in [6, 6.07) is 22.2. The molecule has 0 radical (unpaired) electrons. The van der Waals surface area contributed by atoms with Gasteiger partial charge in [-0.25, -0.2) is 33.6 Å². The van der Waals surface area contributed by atoms with Crippen LogP contribution >= 0.6 is 0 Å². The standard InChI is InChI=1S/C42H38O19/c1-51-34(43)21-26-13-5-6-14-27(26)35(44)55-22-42(23-56-36(45)28-15-7-10-18-31(28)59-39(48)52-2,24-57-37(46)29-16-8-11-19-32(29)60-40(49)53-3)25-58-38(47)30-17-9-12-20-33(30)61-41(50)54-4/h5-20H,21-25H2,1-4H3. The summed E-state index contributed by atoms with van der Waals surface area (Å²) in [7, 11) is 4.32. The molecule has 320 valence electrons. The number of para-hydroxylation sites is 3. The minimum Gasteiger partial charge on any atom is -0.469 e. The van der Waals surface area contributed by atoms with Gasteiger partial charge in [-0.3, -0.25) is 4.79 Å². The van der Waals surface area contributed by atoms with E-state index in [4.69, 9.17) is 37.9 Å². The second-order valence-electron chi connectivity index (χ2n) is 12.4. The van der Waals surface area contributed by atoms with E-state index in [-0.39, 0.29) is 51.5 Å². The van der Waals surface area contributed by atoms with Crippen LogP contribution in [0, 0.1) is 5.41 Å². The molecule has 0 spiro atoms. The highest BCUT2D eigenvalue weighted by atomic mass is 16.7. The van der Waals surface area contributed by atoms with Crippen LogP contribution in [-0.2, 0) is 49.1 Å². The summed E-state index contributed by atoms with van der Waals surface area (Å²) in [6.07, 6.45) is -3.77. The van der Waals surface area contributed by atoms with Crippen molar-refractivity contribution in [3.8, 4) is 17.2 Å². The van der Waals surface area contributed by atoms with Gasteiger partial charge in [-0.1, -0.05) is 54.6 Å². The van der Waals surface area contributed by atoms with Crippen LogP contribution in [0.15, 0.2) is 97.1 Å².